The summed E-state index contributed by atoms with van der Waals surface area (Å²) in [7, 11) is -3.84. The number of hydrogen-bond acceptors (Lipinski definition) is 7. The first kappa shape index (κ1) is 19.8. The Balaban J connectivity index is 1.53. The van der Waals surface area contributed by atoms with Gasteiger partial charge in [0.2, 0.25) is 10.0 Å². The highest BCUT2D eigenvalue weighted by molar-refractivity contribution is 7.89. The molecule has 28 heavy (non-hydrogen) atoms. The third-order valence-corrected chi connectivity index (χ3v) is 6.02. The lowest BCUT2D eigenvalue weighted by molar-refractivity contribution is -0.135. The average molecular weight is 408 g/mol. The lowest BCUT2D eigenvalue weighted by Crippen LogP contribution is -2.51. The molecule has 1 aromatic carbocycles. The maximum absolute atomic E-state index is 13.3. The van der Waals surface area contributed by atoms with E-state index >= 15 is 0 Å². The van der Waals surface area contributed by atoms with Gasteiger partial charge >= 0.3 is 5.97 Å². The number of aromatic nitrogens is 2. The molecule has 2 aromatic rings. The zero-order chi connectivity index (χ0) is 20.1. The van der Waals surface area contributed by atoms with Gasteiger partial charge in [0.25, 0.3) is 5.91 Å². The van der Waals surface area contributed by atoms with Gasteiger partial charge in [0.1, 0.15) is 5.82 Å². The van der Waals surface area contributed by atoms with Gasteiger partial charge in [-0.3, -0.25) is 9.78 Å². The maximum atomic E-state index is 13.3. The molecule has 0 saturated carbocycles. The van der Waals surface area contributed by atoms with Gasteiger partial charge in [-0.15, -0.1) is 0 Å². The summed E-state index contributed by atoms with van der Waals surface area (Å²) in [5, 5.41) is 0. The molecule has 1 amide bonds. The van der Waals surface area contributed by atoms with Crippen molar-refractivity contribution in [1.29, 1.82) is 0 Å². The quantitative estimate of drug-likeness (QED) is 0.655. The van der Waals surface area contributed by atoms with Crippen molar-refractivity contribution in [2.75, 3.05) is 32.8 Å². The molecular formula is C17H17FN4O5S. The van der Waals surface area contributed by atoms with Gasteiger partial charge in [0.15, 0.2) is 12.3 Å². The minimum atomic E-state index is -3.84. The molecular weight excluding hydrogens is 391 g/mol. The number of carbonyl (C=O) groups is 2. The van der Waals surface area contributed by atoms with Crippen LogP contribution in [0.3, 0.4) is 0 Å². The number of carbonyl (C=O) groups excluding carboxylic acids is 2. The van der Waals surface area contributed by atoms with Gasteiger partial charge in [-0.05, 0) is 18.2 Å². The number of sulfonamides is 1. The number of nitrogens with zero attached hydrogens (tertiary/aromatic N) is 4. The lowest BCUT2D eigenvalue weighted by atomic mass is 10.3. The van der Waals surface area contributed by atoms with E-state index in [0.717, 1.165) is 12.1 Å². The lowest BCUT2D eigenvalue weighted by Gasteiger charge is -2.33. The smallest absolute Gasteiger partial charge is 0.359 e. The summed E-state index contributed by atoms with van der Waals surface area (Å²) >= 11 is 0. The van der Waals surface area contributed by atoms with Gasteiger partial charge in [-0.25, -0.2) is 22.6 Å². The van der Waals surface area contributed by atoms with Crippen LogP contribution in [0.25, 0.3) is 0 Å². The number of ether oxygens (including phenoxy) is 1. The van der Waals surface area contributed by atoms with E-state index in [2.05, 4.69) is 9.97 Å². The van der Waals surface area contributed by atoms with E-state index in [1.54, 1.807) is 0 Å². The van der Waals surface area contributed by atoms with Crippen LogP contribution in [0.15, 0.2) is 47.8 Å². The van der Waals surface area contributed by atoms with Crippen molar-refractivity contribution in [3.05, 3.63) is 54.4 Å². The summed E-state index contributed by atoms with van der Waals surface area (Å²) in [5.41, 5.74) is -0.0127. The second kappa shape index (κ2) is 8.40. The first-order valence-corrected chi connectivity index (χ1v) is 9.78. The SMILES string of the molecule is O=C(OCC(=O)N1CCN(S(=O)(=O)c2cccc(F)c2)CC1)c1cnccn1. The Labute approximate surface area is 160 Å². The van der Waals surface area contributed by atoms with Crippen LogP contribution in [0.5, 0.6) is 0 Å². The summed E-state index contributed by atoms with van der Waals surface area (Å²) in [6.45, 7) is -0.0937. The number of hydrogen-bond donors (Lipinski definition) is 0. The molecule has 0 aliphatic carbocycles. The first-order valence-electron chi connectivity index (χ1n) is 8.34. The normalized spacial score (nSPS) is 15.2. The minimum Gasteiger partial charge on any atom is -0.451 e. The molecule has 1 aromatic heterocycles. The Morgan fingerprint density at radius 3 is 2.54 bits per heavy atom. The molecule has 0 radical (unpaired) electrons. The first-order chi connectivity index (χ1) is 13.4. The van der Waals surface area contributed by atoms with Crippen molar-refractivity contribution in [2.24, 2.45) is 0 Å². The summed E-state index contributed by atoms with van der Waals surface area (Å²) in [5.74, 6) is -1.85. The standard InChI is InChI=1S/C17H17FN4O5S/c18-13-2-1-3-14(10-13)28(25,26)22-8-6-21(7-9-22)16(23)12-27-17(24)15-11-19-4-5-20-15/h1-5,10-11H,6-9,12H2. The van der Waals surface area contributed by atoms with Gasteiger partial charge in [-0.2, -0.15) is 4.31 Å². The van der Waals surface area contributed by atoms with Crippen LogP contribution in [0.2, 0.25) is 0 Å². The Morgan fingerprint density at radius 1 is 1.14 bits per heavy atom. The second-order valence-corrected chi connectivity index (χ2v) is 7.85. The molecule has 3 rings (SSSR count). The van der Waals surface area contributed by atoms with E-state index in [9.17, 15) is 22.4 Å². The molecule has 148 valence electrons. The number of halogens is 1. The molecule has 0 spiro atoms. The third kappa shape index (κ3) is 4.49. The van der Waals surface area contributed by atoms with Crippen LogP contribution in [0, 0.1) is 5.82 Å². The largest absolute Gasteiger partial charge is 0.451 e. The van der Waals surface area contributed by atoms with Gasteiger partial charge in [0.05, 0.1) is 11.1 Å². The molecule has 0 unspecified atom stereocenters. The molecule has 1 fully saturated rings. The highest BCUT2D eigenvalue weighted by Gasteiger charge is 2.30. The molecule has 0 N–H and O–H groups in total. The van der Waals surface area contributed by atoms with Crippen LogP contribution < -0.4 is 0 Å². The summed E-state index contributed by atoms with van der Waals surface area (Å²) in [6.07, 6.45) is 3.96. The minimum absolute atomic E-state index is 0.0127. The van der Waals surface area contributed by atoms with E-state index in [1.807, 2.05) is 0 Å². The maximum Gasteiger partial charge on any atom is 0.359 e. The highest BCUT2D eigenvalue weighted by atomic mass is 32.2. The molecule has 1 aliphatic heterocycles. The zero-order valence-corrected chi connectivity index (χ0v) is 15.5. The number of piperazine rings is 1. The Kier molecular flexibility index (Phi) is 5.95. The van der Waals surface area contributed by atoms with Crippen LogP contribution in [0.4, 0.5) is 4.39 Å². The van der Waals surface area contributed by atoms with E-state index in [4.69, 9.17) is 4.74 Å². The molecule has 9 nitrogen and oxygen atoms in total. The predicted molar refractivity (Wildman–Crippen MR) is 94.1 cm³/mol. The number of esters is 1. The molecule has 1 saturated heterocycles. The summed E-state index contributed by atoms with van der Waals surface area (Å²) < 4.78 is 44.5. The monoisotopic (exact) mass is 408 g/mol. The molecule has 0 bridgehead atoms. The van der Waals surface area contributed by atoms with Crippen molar-refractivity contribution in [3.63, 3.8) is 0 Å². The fourth-order valence-corrected chi connectivity index (χ4v) is 4.11. The van der Waals surface area contributed by atoms with E-state index in [-0.39, 0.29) is 36.8 Å². The molecule has 2 heterocycles. The van der Waals surface area contributed by atoms with Crippen LogP contribution in [-0.2, 0) is 19.6 Å². The zero-order valence-electron chi connectivity index (χ0n) is 14.7. The van der Waals surface area contributed by atoms with Gasteiger partial charge in [0, 0.05) is 38.6 Å². The number of rotatable bonds is 5. The van der Waals surface area contributed by atoms with Crippen molar-refractivity contribution >= 4 is 21.9 Å². The Bertz CT molecular complexity index is 963. The van der Waals surface area contributed by atoms with Crippen LogP contribution >= 0.6 is 0 Å². The Morgan fingerprint density at radius 2 is 1.89 bits per heavy atom. The molecule has 11 heteroatoms. The molecule has 1 aliphatic rings. The average Bonchev–Trinajstić information content (AvgIpc) is 2.72. The van der Waals surface area contributed by atoms with Crippen LogP contribution in [-0.4, -0.2) is 72.3 Å². The number of amides is 1. The second-order valence-electron chi connectivity index (χ2n) is 5.91. The highest BCUT2D eigenvalue weighted by Crippen LogP contribution is 2.18. The fourth-order valence-electron chi connectivity index (χ4n) is 2.65. The third-order valence-electron chi connectivity index (χ3n) is 4.12. The topological polar surface area (TPSA) is 110 Å². The van der Waals surface area contributed by atoms with Gasteiger partial charge < -0.3 is 9.64 Å². The van der Waals surface area contributed by atoms with Gasteiger partial charge in [-0.1, -0.05) is 6.07 Å². The van der Waals surface area contributed by atoms with Crippen molar-refractivity contribution in [3.8, 4) is 0 Å². The van der Waals surface area contributed by atoms with E-state index < -0.39 is 34.3 Å². The summed E-state index contributed by atoms with van der Waals surface area (Å²) in [6, 6.07) is 4.77. The predicted octanol–water partition coefficient (Wildman–Crippen LogP) is 0.306. The molecule has 0 atom stereocenters. The number of benzene rings is 1. The van der Waals surface area contributed by atoms with Crippen molar-refractivity contribution in [2.45, 2.75) is 4.90 Å². The van der Waals surface area contributed by atoms with E-state index in [1.165, 1.54) is 39.9 Å². The Hall–Kier alpha value is -2.92. The van der Waals surface area contributed by atoms with Crippen molar-refractivity contribution < 1.29 is 27.1 Å². The van der Waals surface area contributed by atoms with Crippen LogP contribution in [0.1, 0.15) is 10.5 Å². The van der Waals surface area contributed by atoms with E-state index in [0.29, 0.717) is 0 Å². The summed E-state index contributed by atoms with van der Waals surface area (Å²) in [4.78, 5) is 32.8. The van der Waals surface area contributed by atoms with Crippen molar-refractivity contribution in [1.82, 2.24) is 19.2 Å². The fraction of sp³-hybridized carbons (Fsp3) is 0.294.